The molecule has 0 aliphatic carbocycles. The number of aryl methyl sites for hydroxylation is 1. The van der Waals surface area contributed by atoms with Crippen molar-refractivity contribution in [2.45, 2.75) is 52.6 Å². The van der Waals surface area contributed by atoms with Gasteiger partial charge in [-0.2, -0.15) is 0 Å². The number of nitrogens with two attached hydrogens (primary N) is 1. The lowest BCUT2D eigenvalue weighted by molar-refractivity contribution is -0.132. The maximum Gasteiger partial charge on any atom is 0.224 e. The van der Waals surface area contributed by atoms with E-state index in [1.807, 2.05) is 18.7 Å². The summed E-state index contributed by atoms with van der Waals surface area (Å²) in [5.74, 6) is 0.134. The van der Waals surface area contributed by atoms with Crippen LogP contribution in [-0.4, -0.2) is 22.9 Å². The maximum atomic E-state index is 12.3. The van der Waals surface area contributed by atoms with E-state index in [0.717, 1.165) is 13.0 Å². The molecule has 1 rings (SSSR count). The number of hydrogen-bond acceptors (Lipinski definition) is 2. The third-order valence-electron chi connectivity index (χ3n) is 2.95. The molecule has 0 heterocycles. The molecule has 2 N–H and O–H groups in total. The smallest absolute Gasteiger partial charge is 0.224 e. The molecule has 0 aromatic heterocycles. The van der Waals surface area contributed by atoms with Crippen LogP contribution in [0.3, 0.4) is 0 Å². The second kappa shape index (κ2) is 6.71. The van der Waals surface area contributed by atoms with Gasteiger partial charge in [-0.05, 0) is 32.8 Å². The van der Waals surface area contributed by atoms with Crippen LogP contribution in [0.15, 0.2) is 24.3 Å². The third-order valence-corrected chi connectivity index (χ3v) is 2.95. The van der Waals surface area contributed by atoms with Crippen molar-refractivity contribution >= 4 is 5.91 Å². The molecule has 0 fully saturated rings. The highest BCUT2D eigenvalue weighted by Gasteiger charge is 2.21. The van der Waals surface area contributed by atoms with Gasteiger partial charge < -0.3 is 10.6 Å². The van der Waals surface area contributed by atoms with Crippen LogP contribution in [0.25, 0.3) is 0 Å². The number of carbonyl (C=O) groups is 1. The molecule has 3 nitrogen and oxygen atoms in total. The fraction of sp³-hybridized carbons (Fsp3) is 0.562. The average Bonchev–Trinajstić information content (AvgIpc) is 2.29. The van der Waals surface area contributed by atoms with Gasteiger partial charge in [0, 0.05) is 25.0 Å². The van der Waals surface area contributed by atoms with Gasteiger partial charge in [-0.3, -0.25) is 4.79 Å². The van der Waals surface area contributed by atoms with Gasteiger partial charge in [-0.15, -0.1) is 0 Å². The Hall–Kier alpha value is -1.35. The molecule has 0 unspecified atom stereocenters. The van der Waals surface area contributed by atoms with E-state index in [1.54, 1.807) is 0 Å². The Morgan fingerprint density at radius 1 is 1.26 bits per heavy atom. The summed E-state index contributed by atoms with van der Waals surface area (Å²) in [6.07, 6.45) is 1.35. The molecule has 0 saturated heterocycles. The monoisotopic (exact) mass is 262 g/mol. The van der Waals surface area contributed by atoms with Crippen LogP contribution < -0.4 is 5.73 Å². The van der Waals surface area contributed by atoms with Gasteiger partial charge in [0.25, 0.3) is 0 Å². The van der Waals surface area contributed by atoms with Crippen molar-refractivity contribution in [1.82, 2.24) is 4.90 Å². The zero-order chi connectivity index (χ0) is 14.5. The molecule has 106 valence electrons. The topological polar surface area (TPSA) is 46.3 Å². The minimum absolute atomic E-state index is 0.134. The molecule has 0 bridgehead atoms. The van der Waals surface area contributed by atoms with E-state index >= 15 is 0 Å². The van der Waals surface area contributed by atoms with E-state index in [9.17, 15) is 4.79 Å². The molecule has 1 aromatic rings. The highest BCUT2D eigenvalue weighted by atomic mass is 16.2. The van der Waals surface area contributed by atoms with Crippen molar-refractivity contribution in [3.63, 3.8) is 0 Å². The molecule has 0 spiro atoms. The first-order valence-electron chi connectivity index (χ1n) is 6.94. The van der Waals surface area contributed by atoms with Gasteiger partial charge in [0.15, 0.2) is 0 Å². The van der Waals surface area contributed by atoms with E-state index in [1.165, 1.54) is 11.1 Å². The molecule has 1 aromatic carbocycles. The van der Waals surface area contributed by atoms with Crippen molar-refractivity contribution in [2.24, 2.45) is 5.73 Å². The van der Waals surface area contributed by atoms with Crippen molar-refractivity contribution in [3.05, 3.63) is 35.4 Å². The molecule has 0 saturated carbocycles. The lowest BCUT2D eigenvalue weighted by atomic mass is 10.0. The van der Waals surface area contributed by atoms with Crippen LogP contribution in [0.2, 0.25) is 0 Å². The van der Waals surface area contributed by atoms with E-state index < -0.39 is 5.54 Å². The Morgan fingerprint density at radius 3 is 2.32 bits per heavy atom. The Kier molecular flexibility index (Phi) is 5.55. The van der Waals surface area contributed by atoms with Crippen molar-refractivity contribution in [1.29, 1.82) is 0 Å². The first kappa shape index (κ1) is 15.7. The molecule has 0 aliphatic heterocycles. The highest BCUT2D eigenvalue weighted by Crippen LogP contribution is 2.12. The van der Waals surface area contributed by atoms with Crippen LogP contribution >= 0.6 is 0 Å². The fourth-order valence-corrected chi connectivity index (χ4v) is 1.98. The van der Waals surface area contributed by atoms with E-state index in [2.05, 4.69) is 38.1 Å². The van der Waals surface area contributed by atoms with Gasteiger partial charge in [0.05, 0.1) is 0 Å². The van der Waals surface area contributed by atoms with E-state index in [-0.39, 0.29) is 5.91 Å². The predicted molar refractivity (Wildman–Crippen MR) is 79.8 cm³/mol. The summed E-state index contributed by atoms with van der Waals surface area (Å²) in [5, 5.41) is 0. The summed E-state index contributed by atoms with van der Waals surface area (Å²) in [5.41, 5.74) is 7.89. The number of carbonyl (C=O) groups excluding carboxylic acids is 1. The second-order valence-electron chi connectivity index (χ2n) is 5.97. The van der Waals surface area contributed by atoms with Gasteiger partial charge in [0.2, 0.25) is 5.91 Å². The lowest BCUT2D eigenvalue weighted by Gasteiger charge is -2.26. The molecule has 0 atom stereocenters. The van der Waals surface area contributed by atoms with Crippen molar-refractivity contribution in [2.75, 3.05) is 6.54 Å². The SMILES string of the molecule is CCCN(Cc1ccc(C)cc1)C(=O)CC(C)(C)N. The lowest BCUT2D eigenvalue weighted by Crippen LogP contribution is -2.41. The fourth-order valence-electron chi connectivity index (χ4n) is 1.98. The van der Waals surface area contributed by atoms with Crippen LogP contribution in [0.5, 0.6) is 0 Å². The molecule has 0 radical (unpaired) electrons. The highest BCUT2D eigenvalue weighted by molar-refractivity contribution is 5.77. The largest absolute Gasteiger partial charge is 0.338 e. The van der Waals surface area contributed by atoms with Crippen molar-refractivity contribution in [3.8, 4) is 0 Å². The molecular formula is C16H26N2O. The number of amides is 1. The standard InChI is InChI=1S/C16H26N2O/c1-5-10-18(15(19)11-16(3,4)17)12-14-8-6-13(2)7-9-14/h6-9H,5,10-12,17H2,1-4H3. The summed E-state index contributed by atoms with van der Waals surface area (Å²) >= 11 is 0. The van der Waals surface area contributed by atoms with Gasteiger partial charge >= 0.3 is 0 Å². The Balaban J connectivity index is 2.72. The van der Waals surface area contributed by atoms with Gasteiger partial charge in [0.1, 0.15) is 0 Å². The molecule has 1 amide bonds. The molecule has 19 heavy (non-hydrogen) atoms. The van der Waals surface area contributed by atoms with Gasteiger partial charge in [-0.1, -0.05) is 36.8 Å². The number of rotatable bonds is 6. The van der Waals surface area contributed by atoms with Crippen molar-refractivity contribution < 1.29 is 4.79 Å². The van der Waals surface area contributed by atoms with Crippen LogP contribution in [-0.2, 0) is 11.3 Å². The van der Waals surface area contributed by atoms with Gasteiger partial charge in [-0.25, -0.2) is 0 Å². The van der Waals surface area contributed by atoms with Crippen LogP contribution in [0.1, 0.15) is 44.7 Å². The van der Waals surface area contributed by atoms with E-state index in [4.69, 9.17) is 5.73 Å². The Morgan fingerprint density at radius 2 is 1.84 bits per heavy atom. The van der Waals surface area contributed by atoms with Crippen LogP contribution in [0.4, 0.5) is 0 Å². The average molecular weight is 262 g/mol. The quantitative estimate of drug-likeness (QED) is 0.857. The summed E-state index contributed by atoms with van der Waals surface area (Å²) < 4.78 is 0. The summed E-state index contributed by atoms with van der Waals surface area (Å²) in [6, 6.07) is 8.32. The third kappa shape index (κ3) is 5.88. The number of benzene rings is 1. The summed E-state index contributed by atoms with van der Waals surface area (Å²) in [4.78, 5) is 14.2. The number of nitrogens with zero attached hydrogens (tertiary/aromatic N) is 1. The Bertz CT molecular complexity index is 404. The second-order valence-corrected chi connectivity index (χ2v) is 5.97. The Labute approximate surface area is 116 Å². The number of hydrogen-bond donors (Lipinski definition) is 1. The minimum atomic E-state index is -0.448. The first-order chi connectivity index (χ1) is 8.81. The predicted octanol–water partition coefficient (Wildman–Crippen LogP) is 2.86. The maximum absolute atomic E-state index is 12.3. The minimum Gasteiger partial charge on any atom is -0.338 e. The summed E-state index contributed by atoms with van der Waals surface area (Å²) in [7, 11) is 0. The zero-order valence-corrected chi connectivity index (χ0v) is 12.6. The molecule has 0 aliphatic rings. The molecule has 3 heteroatoms. The molecular weight excluding hydrogens is 236 g/mol. The summed E-state index contributed by atoms with van der Waals surface area (Å²) in [6.45, 7) is 9.38. The first-order valence-corrected chi connectivity index (χ1v) is 6.94. The normalized spacial score (nSPS) is 11.4. The zero-order valence-electron chi connectivity index (χ0n) is 12.6. The van der Waals surface area contributed by atoms with E-state index in [0.29, 0.717) is 13.0 Å². The van der Waals surface area contributed by atoms with Crippen LogP contribution in [0, 0.1) is 6.92 Å².